The lowest BCUT2D eigenvalue weighted by Gasteiger charge is -2.53. The number of tetrazole rings is 1. The molecular weight excluding hydrogens is 560 g/mol. The maximum atomic E-state index is 13.9. The SMILES string of the molecule is FC(F)(F)c1cc(CO[C@H]2C3CCN(CC3)[C@@H]2C(c2ccccc2)c2ccccc2)cc(-n2nnnc2C(F)(F)F)c1. The van der Waals surface area contributed by atoms with Gasteiger partial charge in [0.2, 0.25) is 0 Å². The van der Waals surface area contributed by atoms with E-state index >= 15 is 0 Å². The van der Waals surface area contributed by atoms with Crippen molar-refractivity contribution in [2.75, 3.05) is 13.1 Å². The molecule has 0 N–H and O–H groups in total. The first-order valence-corrected chi connectivity index (χ1v) is 13.6. The second-order valence-corrected chi connectivity index (χ2v) is 10.7. The van der Waals surface area contributed by atoms with Crippen molar-refractivity contribution in [1.82, 2.24) is 25.1 Å². The van der Waals surface area contributed by atoms with Gasteiger partial charge in [-0.05, 0) is 77.2 Å². The summed E-state index contributed by atoms with van der Waals surface area (Å²) in [6.45, 7) is 1.55. The number of ether oxygens (including phenoxy) is 1. The number of aromatic nitrogens is 4. The Labute approximate surface area is 237 Å². The monoisotopic (exact) mass is 587 g/mol. The first-order valence-electron chi connectivity index (χ1n) is 13.6. The fourth-order valence-corrected chi connectivity index (χ4v) is 6.35. The van der Waals surface area contributed by atoms with Crippen molar-refractivity contribution in [3.8, 4) is 5.69 Å². The van der Waals surface area contributed by atoms with E-state index in [1.807, 2.05) is 36.4 Å². The summed E-state index contributed by atoms with van der Waals surface area (Å²) in [4.78, 5) is 2.39. The minimum atomic E-state index is -4.96. The van der Waals surface area contributed by atoms with E-state index < -0.39 is 29.4 Å². The zero-order valence-electron chi connectivity index (χ0n) is 22.3. The van der Waals surface area contributed by atoms with Gasteiger partial charge in [0.1, 0.15) is 0 Å². The Morgan fingerprint density at radius 3 is 2.00 bits per heavy atom. The average Bonchev–Trinajstić information content (AvgIpc) is 3.49. The van der Waals surface area contributed by atoms with Gasteiger partial charge in [-0.3, -0.25) is 4.90 Å². The predicted octanol–water partition coefficient (Wildman–Crippen LogP) is 6.51. The minimum Gasteiger partial charge on any atom is -0.372 e. The lowest BCUT2D eigenvalue weighted by atomic mass is 9.72. The van der Waals surface area contributed by atoms with Crippen molar-refractivity contribution in [3.05, 3.63) is 107 Å². The van der Waals surface area contributed by atoms with E-state index in [1.54, 1.807) is 0 Å². The van der Waals surface area contributed by atoms with Crippen molar-refractivity contribution in [2.45, 2.75) is 49.9 Å². The van der Waals surface area contributed by atoms with E-state index in [1.165, 1.54) is 6.07 Å². The number of hydrogen-bond acceptors (Lipinski definition) is 5. The molecule has 0 unspecified atom stereocenters. The summed E-state index contributed by atoms with van der Waals surface area (Å²) in [5.41, 5.74) is 0.732. The third-order valence-corrected chi connectivity index (χ3v) is 8.17. The Morgan fingerprint density at radius 2 is 1.43 bits per heavy atom. The molecule has 220 valence electrons. The lowest BCUT2D eigenvalue weighted by Crippen LogP contribution is -2.60. The first-order chi connectivity index (χ1) is 20.1. The minimum absolute atomic E-state index is 0.0480. The first kappa shape index (κ1) is 28.4. The Morgan fingerprint density at radius 1 is 0.810 bits per heavy atom. The number of rotatable bonds is 7. The molecule has 3 saturated heterocycles. The summed E-state index contributed by atoms with van der Waals surface area (Å²) in [5, 5.41) is 9.34. The third-order valence-electron chi connectivity index (χ3n) is 8.17. The highest BCUT2D eigenvalue weighted by Crippen LogP contribution is 2.44. The normalized spacial score (nSPS) is 22.5. The highest BCUT2D eigenvalue weighted by Gasteiger charge is 2.47. The van der Waals surface area contributed by atoms with E-state index in [2.05, 4.69) is 44.7 Å². The highest BCUT2D eigenvalue weighted by atomic mass is 19.4. The Hall–Kier alpha value is -3.77. The second kappa shape index (κ2) is 11.1. The maximum absolute atomic E-state index is 13.9. The number of benzene rings is 3. The lowest BCUT2D eigenvalue weighted by molar-refractivity contribution is -0.146. The van der Waals surface area contributed by atoms with Gasteiger partial charge in [-0.1, -0.05) is 60.7 Å². The molecule has 0 saturated carbocycles. The quantitative estimate of drug-likeness (QED) is 0.231. The Bertz CT molecular complexity index is 1460. The molecule has 0 aliphatic carbocycles. The number of alkyl halides is 6. The van der Waals surface area contributed by atoms with Crippen LogP contribution in [0.2, 0.25) is 0 Å². The molecule has 3 aliphatic heterocycles. The summed E-state index contributed by atoms with van der Waals surface area (Å²) < 4.78 is 88.7. The highest BCUT2D eigenvalue weighted by molar-refractivity contribution is 5.41. The number of hydrogen-bond donors (Lipinski definition) is 0. The van der Waals surface area contributed by atoms with E-state index in [4.69, 9.17) is 4.74 Å². The van der Waals surface area contributed by atoms with Gasteiger partial charge in [0.25, 0.3) is 5.82 Å². The molecule has 7 rings (SSSR count). The number of nitrogens with zero attached hydrogens (tertiary/aromatic N) is 5. The molecule has 0 amide bonds. The van der Waals surface area contributed by atoms with Crippen LogP contribution in [0, 0.1) is 5.92 Å². The van der Waals surface area contributed by atoms with Gasteiger partial charge in [-0.15, -0.1) is 5.10 Å². The van der Waals surface area contributed by atoms with Crippen LogP contribution in [0.15, 0.2) is 78.9 Å². The number of halogens is 6. The summed E-state index contributed by atoms with van der Waals surface area (Å²) in [6, 6.07) is 22.8. The van der Waals surface area contributed by atoms with Crippen LogP contribution in [-0.2, 0) is 23.7 Å². The number of piperidine rings is 3. The van der Waals surface area contributed by atoms with Crippen molar-refractivity contribution in [1.29, 1.82) is 0 Å². The van der Waals surface area contributed by atoms with Gasteiger partial charge in [-0.2, -0.15) is 31.0 Å². The van der Waals surface area contributed by atoms with Gasteiger partial charge in [-0.25, -0.2) is 0 Å². The average molecular weight is 588 g/mol. The molecule has 4 aromatic rings. The fourth-order valence-electron chi connectivity index (χ4n) is 6.35. The van der Waals surface area contributed by atoms with E-state index in [0.717, 1.165) is 43.1 Å². The van der Waals surface area contributed by atoms with Gasteiger partial charge < -0.3 is 4.74 Å². The predicted molar refractivity (Wildman–Crippen MR) is 141 cm³/mol. The van der Waals surface area contributed by atoms with E-state index in [-0.39, 0.29) is 40.8 Å². The van der Waals surface area contributed by atoms with Gasteiger partial charge in [0.05, 0.1) is 24.0 Å². The largest absolute Gasteiger partial charge is 0.453 e. The second-order valence-electron chi connectivity index (χ2n) is 10.7. The molecule has 42 heavy (non-hydrogen) atoms. The van der Waals surface area contributed by atoms with E-state index in [9.17, 15) is 26.3 Å². The molecule has 3 fully saturated rings. The molecule has 0 radical (unpaired) electrons. The summed E-state index contributed by atoms with van der Waals surface area (Å²) in [7, 11) is 0. The third kappa shape index (κ3) is 5.65. The Kier molecular flexibility index (Phi) is 7.52. The molecule has 1 aromatic heterocycles. The van der Waals surface area contributed by atoms with Gasteiger partial charge in [0, 0.05) is 12.0 Å². The van der Waals surface area contributed by atoms with Crippen LogP contribution in [-0.4, -0.2) is 50.3 Å². The fraction of sp³-hybridized carbons (Fsp3) is 0.367. The zero-order valence-corrected chi connectivity index (χ0v) is 22.3. The van der Waals surface area contributed by atoms with Crippen LogP contribution in [0.25, 0.3) is 5.69 Å². The molecule has 2 atom stereocenters. The Balaban J connectivity index is 1.36. The standard InChI is InChI=1S/C30H27F6N5O/c31-29(32,33)23-15-19(16-24(17-23)41-28(30(34,35)36)37-38-39-41)18-42-27-22-11-13-40(14-12-22)26(27)25(20-7-3-1-4-8-20)21-9-5-2-6-10-21/h1-10,15-17,22,25-27H,11-14,18H2/t26-,27+/m1/s1. The van der Waals surface area contributed by atoms with Crippen molar-refractivity contribution in [3.63, 3.8) is 0 Å². The molecule has 3 aliphatic rings. The number of fused-ring (bicyclic) bond motifs is 3. The van der Waals surface area contributed by atoms with Crippen LogP contribution in [0.5, 0.6) is 0 Å². The van der Waals surface area contributed by atoms with Crippen LogP contribution in [0.1, 0.15) is 46.8 Å². The summed E-state index contributed by atoms with van der Waals surface area (Å²) >= 11 is 0. The topological polar surface area (TPSA) is 56.1 Å². The van der Waals surface area contributed by atoms with Crippen LogP contribution < -0.4 is 0 Å². The van der Waals surface area contributed by atoms with E-state index in [0.29, 0.717) is 6.07 Å². The van der Waals surface area contributed by atoms with Gasteiger partial charge >= 0.3 is 12.4 Å². The molecule has 2 bridgehead atoms. The molecule has 6 nitrogen and oxygen atoms in total. The van der Waals surface area contributed by atoms with Crippen molar-refractivity contribution < 1.29 is 31.1 Å². The van der Waals surface area contributed by atoms with Crippen LogP contribution in [0.4, 0.5) is 26.3 Å². The molecular formula is C30H27F6N5O. The van der Waals surface area contributed by atoms with Crippen molar-refractivity contribution >= 4 is 0 Å². The van der Waals surface area contributed by atoms with Crippen LogP contribution >= 0.6 is 0 Å². The summed E-state index contributed by atoms with van der Waals surface area (Å²) in [6.07, 6.45) is -8.28. The molecule has 12 heteroatoms. The van der Waals surface area contributed by atoms with Crippen molar-refractivity contribution in [2.24, 2.45) is 5.92 Å². The molecule has 4 heterocycles. The van der Waals surface area contributed by atoms with Crippen LogP contribution in [0.3, 0.4) is 0 Å². The molecule has 3 aromatic carbocycles. The smallest absolute Gasteiger partial charge is 0.372 e. The van der Waals surface area contributed by atoms with Gasteiger partial charge in [0.15, 0.2) is 0 Å². The molecule has 0 spiro atoms. The zero-order chi connectivity index (χ0) is 29.5. The maximum Gasteiger partial charge on any atom is 0.453 e. The summed E-state index contributed by atoms with van der Waals surface area (Å²) in [5.74, 6) is -1.37.